The quantitative estimate of drug-likeness (QED) is 0.870. The van der Waals surface area contributed by atoms with E-state index in [9.17, 15) is 0 Å². The van der Waals surface area contributed by atoms with Crippen molar-refractivity contribution >= 4 is 11.6 Å². The molecule has 1 aromatic heterocycles. The van der Waals surface area contributed by atoms with Gasteiger partial charge >= 0.3 is 0 Å². The van der Waals surface area contributed by atoms with Crippen LogP contribution in [0.25, 0.3) is 0 Å². The van der Waals surface area contributed by atoms with E-state index in [2.05, 4.69) is 12.2 Å². The van der Waals surface area contributed by atoms with E-state index in [0.29, 0.717) is 11.6 Å². The average molecular weight is 280 g/mol. The molecule has 0 spiro atoms. The molecular weight excluding hydrogens is 262 g/mol. The van der Waals surface area contributed by atoms with Gasteiger partial charge in [-0.3, -0.25) is 0 Å². The lowest BCUT2D eigenvalue weighted by Crippen LogP contribution is -2.10. The van der Waals surface area contributed by atoms with Crippen molar-refractivity contribution in [2.45, 2.75) is 27.0 Å². The highest BCUT2D eigenvalue weighted by atomic mass is 35.5. The lowest BCUT2D eigenvalue weighted by molar-refractivity contribution is 0.303. The van der Waals surface area contributed by atoms with Crippen molar-refractivity contribution in [3.63, 3.8) is 0 Å². The Balaban J connectivity index is 1.97. The number of furan rings is 1. The van der Waals surface area contributed by atoms with Crippen LogP contribution in [-0.4, -0.2) is 6.54 Å². The summed E-state index contributed by atoms with van der Waals surface area (Å²) in [6.07, 6.45) is 0. The molecule has 2 rings (SSSR count). The number of ether oxygens (including phenoxy) is 1. The van der Waals surface area contributed by atoms with Gasteiger partial charge in [0.1, 0.15) is 23.9 Å². The standard InChI is InChI=1S/C15H18ClNO2/c1-3-17-9-15-7-12(11(2)19-15)10-18-14-6-4-5-13(16)8-14/h4-8,17H,3,9-10H2,1-2H3. The molecule has 0 atom stereocenters. The average Bonchev–Trinajstić information content (AvgIpc) is 2.75. The van der Waals surface area contributed by atoms with Gasteiger partial charge in [0, 0.05) is 10.6 Å². The number of halogens is 1. The topological polar surface area (TPSA) is 34.4 Å². The molecule has 0 radical (unpaired) electrons. The maximum Gasteiger partial charge on any atom is 0.121 e. The van der Waals surface area contributed by atoms with Crippen LogP contribution in [0.3, 0.4) is 0 Å². The minimum absolute atomic E-state index is 0.488. The van der Waals surface area contributed by atoms with Gasteiger partial charge in [-0.05, 0) is 37.7 Å². The number of hydrogen-bond donors (Lipinski definition) is 1. The van der Waals surface area contributed by atoms with Crippen LogP contribution < -0.4 is 10.1 Å². The molecule has 0 aliphatic carbocycles. The van der Waals surface area contributed by atoms with Gasteiger partial charge in [-0.25, -0.2) is 0 Å². The van der Waals surface area contributed by atoms with Crippen LogP contribution in [0.15, 0.2) is 34.7 Å². The Hall–Kier alpha value is -1.45. The number of nitrogens with one attached hydrogen (secondary N) is 1. The van der Waals surface area contributed by atoms with Crippen molar-refractivity contribution in [3.8, 4) is 5.75 Å². The molecule has 102 valence electrons. The summed E-state index contributed by atoms with van der Waals surface area (Å²) in [5.41, 5.74) is 1.06. The Kier molecular flexibility index (Phi) is 4.88. The van der Waals surface area contributed by atoms with E-state index in [1.807, 2.05) is 31.2 Å². The Labute approximate surface area is 118 Å². The molecule has 0 fully saturated rings. The number of hydrogen-bond acceptors (Lipinski definition) is 3. The highest BCUT2D eigenvalue weighted by Gasteiger charge is 2.08. The van der Waals surface area contributed by atoms with Crippen LogP contribution in [-0.2, 0) is 13.2 Å². The third-order valence-corrected chi connectivity index (χ3v) is 3.05. The second kappa shape index (κ2) is 6.64. The molecule has 0 amide bonds. The van der Waals surface area contributed by atoms with E-state index < -0.39 is 0 Å². The summed E-state index contributed by atoms with van der Waals surface area (Å²) in [6.45, 7) is 6.18. The summed E-state index contributed by atoms with van der Waals surface area (Å²) in [4.78, 5) is 0. The minimum Gasteiger partial charge on any atom is -0.489 e. The molecule has 1 N–H and O–H groups in total. The van der Waals surface area contributed by atoms with Gasteiger partial charge in [-0.15, -0.1) is 0 Å². The van der Waals surface area contributed by atoms with E-state index in [1.54, 1.807) is 6.07 Å². The molecule has 4 heteroatoms. The largest absolute Gasteiger partial charge is 0.489 e. The summed E-state index contributed by atoms with van der Waals surface area (Å²) < 4.78 is 11.4. The second-order valence-corrected chi connectivity index (χ2v) is 4.76. The third-order valence-electron chi connectivity index (χ3n) is 2.81. The predicted octanol–water partition coefficient (Wildman–Crippen LogP) is 3.93. The van der Waals surface area contributed by atoms with Crippen molar-refractivity contribution in [3.05, 3.63) is 52.4 Å². The molecule has 0 saturated heterocycles. The molecular formula is C15H18ClNO2. The third kappa shape index (κ3) is 4.01. The fourth-order valence-electron chi connectivity index (χ4n) is 1.78. The lowest BCUT2D eigenvalue weighted by atomic mass is 10.2. The van der Waals surface area contributed by atoms with Gasteiger partial charge in [-0.2, -0.15) is 0 Å². The first-order valence-corrected chi connectivity index (χ1v) is 6.74. The molecule has 2 aromatic rings. The van der Waals surface area contributed by atoms with Gasteiger partial charge in [-0.1, -0.05) is 24.6 Å². The summed E-state index contributed by atoms with van der Waals surface area (Å²) in [5, 5.41) is 3.91. The Morgan fingerprint density at radius 2 is 2.16 bits per heavy atom. The van der Waals surface area contributed by atoms with Gasteiger partial charge in [0.25, 0.3) is 0 Å². The van der Waals surface area contributed by atoms with Gasteiger partial charge in [0.05, 0.1) is 6.54 Å². The fourth-order valence-corrected chi connectivity index (χ4v) is 1.96. The van der Waals surface area contributed by atoms with Crippen LogP contribution in [0.2, 0.25) is 5.02 Å². The zero-order valence-electron chi connectivity index (χ0n) is 11.2. The zero-order chi connectivity index (χ0) is 13.7. The SMILES string of the molecule is CCNCc1cc(COc2cccc(Cl)c2)c(C)o1. The van der Waals surface area contributed by atoms with E-state index in [0.717, 1.165) is 35.9 Å². The summed E-state index contributed by atoms with van der Waals surface area (Å²) in [7, 11) is 0. The van der Waals surface area contributed by atoms with E-state index in [-0.39, 0.29) is 0 Å². The number of benzene rings is 1. The van der Waals surface area contributed by atoms with Crippen molar-refractivity contribution < 1.29 is 9.15 Å². The van der Waals surface area contributed by atoms with E-state index in [1.165, 1.54) is 0 Å². The normalized spacial score (nSPS) is 10.7. The first kappa shape index (κ1) is 14.0. The molecule has 1 aromatic carbocycles. The predicted molar refractivity (Wildman–Crippen MR) is 76.6 cm³/mol. The van der Waals surface area contributed by atoms with Gasteiger partial charge in [0.15, 0.2) is 0 Å². The number of rotatable bonds is 6. The van der Waals surface area contributed by atoms with Crippen molar-refractivity contribution in [2.75, 3.05) is 6.54 Å². The molecule has 0 unspecified atom stereocenters. The molecule has 19 heavy (non-hydrogen) atoms. The fraction of sp³-hybridized carbons (Fsp3) is 0.333. The minimum atomic E-state index is 0.488. The molecule has 0 saturated carbocycles. The molecule has 0 aliphatic rings. The van der Waals surface area contributed by atoms with Crippen molar-refractivity contribution in [1.82, 2.24) is 5.32 Å². The number of aryl methyl sites for hydroxylation is 1. The molecule has 0 aliphatic heterocycles. The van der Waals surface area contributed by atoms with Gasteiger partial charge in [0.2, 0.25) is 0 Å². The first-order chi connectivity index (χ1) is 9.19. The van der Waals surface area contributed by atoms with Crippen LogP contribution in [0.4, 0.5) is 0 Å². The molecule has 3 nitrogen and oxygen atoms in total. The van der Waals surface area contributed by atoms with Crippen LogP contribution in [0.5, 0.6) is 5.75 Å². The summed E-state index contributed by atoms with van der Waals surface area (Å²) in [5.74, 6) is 2.60. The highest BCUT2D eigenvalue weighted by Crippen LogP contribution is 2.20. The Morgan fingerprint density at radius 1 is 1.32 bits per heavy atom. The maximum absolute atomic E-state index is 5.91. The summed E-state index contributed by atoms with van der Waals surface area (Å²) >= 11 is 5.91. The molecule has 1 heterocycles. The van der Waals surface area contributed by atoms with E-state index in [4.69, 9.17) is 20.8 Å². The molecule has 0 bridgehead atoms. The monoisotopic (exact) mass is 279 g/mol. The van der Waals surface area contributed by atoms with Crippen molar-refractivity contribution in [2.24, 2.45) is 0 Å². The maximum atomic E-state index is 5.91. The van der Waals surface area contributed by atoms with Crippen molar-refractivity contribution in [1.29, 1.82) is 0 Å². The Bertz CT molecular complexity index is 537. The Morgan fingerprint density at radius 3 is 2.89 bits per heavy atom. The second-order valence-electron chi connectivity index (χ2n) is 4.32. The first-order valence-electron chi connectivity index (χ1n) is 6.36. The summed E-state index contributed by atoms with van der Waals surface area (Å²) in [6, 6.07) is 9.42. The van der Waals surface area contributed by atoms with Crippen LogP contribution >= 0.6 is 11.6 Å². The van der Waals surface area contributed by atoms with Crippen LogP contribution in [0.1, 0.15) is 24.0 Å². The zero-order valence-corrected chi connectivity index (χ0v) is 12.0. The smallest absolute Gasteiger partial charge is 0.121 e. The highest BCUT2D eigenvalue weighted by molar-refractivity contribution is 6.30. The van der Waals surface area contributed by atoms with Crippen LogP contribution in [0, 0.1) is 6.92 Å². The van der Waals surface area contributed by atoms with E-state index >= 15 is 0 Å². The lowest BCUT2D eigenvalue weighted by Gasteiger charge is -2.05. The van der Waals surface area contributed by atoms with Gasteiger partial charge < -0.3 is 14.5 Å².